The van der Waals surface area contributed by atoms with Gasteiger partial charge in [-0.2, -0.15) is 0 Å². The minimum atomic E-state index is -0.210. The Morgan fingerprint density at radius 2 is 2.04 bits per heavy atom. The summed E-state index contributed by atoms with van der Waals surface area (Å²) in [5.74, 6) is 1.21. The van der Waals surface area contributed by atoms with Gasteiger partial charge < -0.3 is 9.84 Å². The maximum absolute atomic E-state index is 11.9. The van der Waals surface area contributed by atoms with Gasteiger partial charge in [-0.1, -0.05) is 37.6 Å². The lowest BCUT2D eigenvalue weighted by molar-refractivity contribution is -0.160. The Kier molecular flexibility index (Phi) is 3.45. The maximum atomic E-state index is 11.9. The predicted octanol–water partition coefficient (Wildman–Crippen LogP) is 4.47. The lowest BCUT2D eigenvalue weighted by Crippen LogP contribution is -2.50. The van der Waals surface area contributed by atoms with Crippen molar-refractivity contribution in [3.05, 3.63) is 34.9 Å². The van der Waals surface area contributed by atoms with Gasteiger partial charge in [-0.05, 0) is 67.9 Å². The van der Waals surface area contributed by atoms with Crippen LogP contribution in [0.15, 0.2) is 34.9 Å². The molecule has 1 N–H and O–H groups in total. The van der Waals surface area contributed by atoms with E-state index in [-0.39, 0.29) is 29.0 Å². The van der Waals surface area contributed by atoms with Gasteiger partial charge in [-0.3, -0.25) is 4.79 Å². The molecular weight excluding hydrogens is 324 g/mol. The molecule has 3 nitrogen and oxygen atoms in total. The summed E-state index contributed by atoms with van der Waals surface area (Å²) in [6, 6.07) is 0. The first-order valence-electron chi connectivity index (χ1n) is 10.4. The quantitative estimate of drug-likeness (QED) is 0.558. The third kappa shape index (κ3) is 1.96. The highest BCUT2D eigenvalue weighted by molar-refractivity contribution is 5.72. The smallest absolute Gasteiger partial charge is 0.306 e. The Labute approximate surface area is 156 Å². The summed E-state index contributed by atoms with van der Waals surface area (Å²) in [7, 11) is 0. The largest absolute Gasteiger partial charge is 0.458 e. The normalized spacial score (nSPS) is 46.7. The maximum Gasteiger partial charge on any atom is 0.306 e. The Morgan fingerprint density at radius 3 is 2.77 bits per heavy atom. The third-order valence-corrected chi connectivity index (χ3v) is 8.77. The van der Waals surface area contributed by atoms with E-state index in [0.29, 0.717) is 18.3 Å². The van der Waals surface area contributed by atoms with Gasteiger partial charge >= 0.3 is 5.97 Å². The van der Waals surface area contributed by atoms with E-state index in [4.69, 9.17) is 4.74 Å². The fourth-order valence-corrected chi connectivity index (χ4v) is 7.11. The van der Waals surface area contributed by atoms with E-state index in [2.05, 4.69) is 32.1 Å². The van der Waals surface area contributed by atoms with Crippen LogP contribution in [0.5, 0.6) is 0 Å². The van der Waals surface area contributed by atoms with E-state index in [1.54, 1.807) is 5.57 Å². The van der Waals surface area contributed by atoms with Crippen LogP contribution in [0.3, 0.4) is 0 Å². The van der Waals surface area contributed by atoms with Crippen molar-refractivity contribution in [2.45, 2.75) is 70.8 Å². The minimum absolute atomic E-state index is 0.00777. The summed E-state index contributed by atoms with van der Waals surface area (Å²) in [4.78, 5) is 11.9. The summed E-state index contributed by atoms with van der Waals surface area (Å²) in [5, 5.41) is 9.54. The number of ether oxygens (including phenoxy) is 1. The van der Waals surface area contributed by atoms with Crippen LogP contribution in [0.4, 0.5) is 0 Å². The lowest BCUT2D eigenvalue weighted by atomic mass is 9.51. The highest BCUT2D eigenvalue weighted by Gasteiger charge is 2.65. The summed E-state index contributed by atoms with van der Waals surface area (Å²) in [6.45, 7) is 4.98. The molecule has 0 bridgehead atoms. The standard InChI is InChI=1S/C23H30O3/c1-21-9-5-15(14-24)13-16(21)3-4-17-18(21)6-10-22(2)19(17)7-11-23(22)12-8-20(25)26-23/h3,6,13,17,19,24H,4-5,7-12,14H2,1-2H3/t17?,19?,21-,22-,23+/m0/s1. The molecule has 0 radical (unpaired) electrons. The van der Waals surface area contributed by atoms with Crippen LogP contribution in [0, 0.1) is 22.7 Å². The fourth-order valence-electron chi connectivity index (χ4n) is 7.11. The molecule has 1 spiro atoms. The third-order valence-electron chi connectivity index (χ3n) is 8.77. The first-order chi connectivity index (χ1) is 12.4. The van der Waals surface area contributed by atoms with E-state index in [1.165, 1.54) is 17.6 Å². The van der Waals surface area contributed by atoms with Crippen molar-refractivity contribution in [1.82, 2.24) is 0 Å². The highest BCUT2D eigenvalue weighted by Crippen LogP contribution is 2.67. The number of aliphatic hydroxyl groups excluding tert-OH is 1. The van der Waals surface area contributed by atoms with Gasteiger partial charge in [-0.25, -0.2) is 0 Å². The monoisotopic (exact) mass is 354 g/mol. The predicted molar refractivity (Wildman–Crippen MR) is 100 cm³/mol. The van der Waals surface area contributed by atoms with E-state index in [9.17, 15) is 9.90 Å². The Morgan fingerprint density at radius 1 is 1.19 bits per heavy atom. The molecule has 0 aromatic heterocycles. The van der Waals surface area contributed by atoms with Gasteiger partial charge in [0.1, 0.15) is 5.60 Å². The summed E-state index contributed by atoms with van der Waals surface area (Å²) in [5.41, 5.74) is 4.23. The number of hydrogen-bond donors (Lipinski definition) is 1. The molecule has 5 atom stereocenters. The fraction of sp³-hybridized carbons (Fsp3) is 0.696. The molecule has 1 aliphatic heterocycles. The topological polar surface area (TPSA) is 46.5 Å². The van der Waals surface area contributed by atoms with Crippen molar-refractivity contribution in [3.63, 3.8) is 0 Å². The zero-order chi connectivity index (χ0) is 18.2. The number of aliphatic hydroxyl groups is 1. The number of fused-ring (bicyclic) bond motifs is 6. The SMILES string of the molecule is C[C@]12CCC(CO)=CC1=CCC1C2=CC[C@@]2(C)C1CC[C@@]21CCC(=O)O1. The molecule has 3 heteroatoms. The Bertz CT molecular complexity index is 759. The molecule has 1 saturated heterocycles. The number of carbonyl (C=O) groups excluding carboxylic acids is 1. The van der Waals surface area contributed by atoms with Crippen molar-refractivity contribution >= 4 is 5.97 Å². The highest BCUT2D eigenvalue weighted by atomic mass is 16.6. The lowest BCUT2D eigenvalue weighted by Gasteiger charge is -2.54. The second kappa shape index (κ2) is 5.34. The Balaban J connectivity index is 1.53. The molecule has 26 heavy (non-hydrogen) atoms. The molecule has 5 rings (SSSR count). The number of allylic oxidation sites excluding steroid dienone is 5. The molecule has 0 aromatic carbocycles. The number of esters is 1. The molecule has 5 aliphatic rings. The molecule has 1 saturated carbocycles. The van der Waals surface area contributed by atoms with Crippen LogP contribution < -0.4 is 0 Å². The minimum Gasteiger partial charge on any atom is -0.458 e. The van der Waals surface area contributed by atoms with Crippen LogP contribution in [0.25, 0.3) is 0 Å². The van der Waals surface area contributed by atoms with Gasteiger partial charge in [0, 0.05) is 17.3 Å². The van der Waals surface area contributed by atoms with Gasteiger partial charge in [0.25, 0.3) is 0 Å². The second-order valence-corrected chi connectivity index (χ2v) is 9.69. The van der Waals surface area contributed by atoms with Crippen molar-refractivity contribution in [3.8, 4) is 0 Å². The van der Waals surface area contributed by atoms with Crippen molar-refractivity contribution in [1.29, 1.82) is 0 Å². The van der Waals surface area contributed by atoms with Crippen LogP contribution in [-0.4, -0.2) is 23.3 Å². The van der Waals surface area contributed by atoms with Crippen LogP contribution in [0.1, 0.15) is 65.2 Å². The molecule has 0 amide bonds. The zero-order valence-electron chi connectivity index (χ0n) is 16.0. The summed E-state index contributed by atoms with van der Waals surface area (Å²) >= 11 is 0. The molecule has 1 heterocycles. The van der Waals surface area contributed by atoms with Gasteiger partial charge in [0.15, 0.2) is 0 Å². The van der Waals surface area contributed by atoms with Gasteiger partial charge in [0.2, 0.25) is 0 Å². The number of rotatable bonds is 1. The molecule has 2 fully saturated rings. The van der Waals surface area contributed by atoms with Crippen LogP contribution in [-0.2, 0) is 9.53 Å². The average molecular weight is 354 g/mol. The average Bonchev–Trinajstić information content (AvgIpc) is 3.15. The second-order valence-electron chi connectivity index (χ2n) is 9.69. The van der Waals surface area contributed by atoms with Crippen LogP contribution >= 0.6 is 0 Å². The van der Waals surface area contributed by atoms with Gasteiger partial charge in [-0.15, -0.1) is 0 Å². The van der Waals surface area contributed by atoms with E-state index >= 15 is 0 Å². The van der Waals surface area contributed by atoms with Crippen molar-refractivity contribution < 1.29 is 14.6 Å². The van der Waals surface area contributed by atoms with Crippen molar-refractivity contribution in [2.75, 3.05) is 6.61 Å². The number of carbonyl (C=O) groups is 1. The number of hydrogen-bond acceptors (Lipinski definition) is 3. The molecule has 2 unspecified atom stereocenters. The summed E-state index contributed by atoms with van der Waals surface area (Å²) < 4.78 is 6.00. The van der Waals surface area contributed by atoms with Gasteiger partial charge in [0.05, 0.1) is 6.61 Å². The molecule has 0 aromatic rings. The molecule has 4 aliphatic carbocycles. The first kappa shape index (κ1) is 16.8. The Hall–Kier alpha value is -1.35. The van der Waals surface area contributed by atoms with Crippen LogP contribution in [0.2, 0.25) is 0 Å². The van der Waals surface area contributed by atoms with E-state index in [1.807, 2.05) is 0 Å². The molecular formula is C23H30O3. The zero-order valence-corrected chi connectivity index (χ0v) is 16.0. The summed E-state index contributed by atoms with van der Waals surface area (Å²) in [6.07, 6.45) is 15.2. The van der Waals surface area contributed by atoms with Crippen molar-refractivity contribution in [2.24, 2.45) is 22.7 Å². The molecule has 140 valence electrons. The van der Waals surface area contributed by atoms with E-state index < -0.39 is 0 Å². The first-order valence-corrected chi connectivity index (χ1v) is 10.4. The van der Waals surface area contributed by atoms with E-state index in [0.717, 1.165) is 38.5 Å².